The number of amides is 1. The van der Waals surface area contributed by atoms with Gasteiger partial charge in [-0.1, -0.05) is 49.4 Å². The molecular formula is C21H19NO. The molecule has 0 fully saturated rings. The van der Waals surface area contributed by atoms with Crippen LogP contribution in [0.2, 0.25) is 0 Å². The van der Waals surface area contributed by atoms with Crippen molar-refractivity contribution in [3.05, 3.63) is 76.9 Å². The summed E-state index contributed by atoms with van der Waals surface area (Å²) in [6, 6.07) is 18.4. The third kappa shape index (κ3) is 2.31. The van der Waals surface area contributed by atoms with E-state index < -0.39 is 0 Å². The van der Waals surface area contributed by atoms with E-state index in [1.807, 2.05) is 24.3 Å². The topological polar surface area (TPSA) is 29.1 Å². The van der Waals surface area contributed by atoms with Gasteiger partial charge in [0.1, 0.15) is 0 Å². The third-order valence-corrected chi connectivity index (χ3v) is 4.77. The van der Waals surface area contributed by atoms with Crippen LogP contribution in [-0.4, -0.2) is 5.91 Å². The number of aryl methyl sites for hydroxylation is 3. The van der Waals surface area contributed by atoms with Gasteiger partial charge in [0.15, 0.2) is 0 Å². The highest BCUT2D eigenvalue weighted by atomic mass is 16.1. The Kier molecular flexibility index (Phi) is 3.38. The second-order valence-corrected chi connectivity index (χ2v) is 6.08. The van der Waals surface area contributed by atoms with Crippen LogP contribution in [0.4, 0.5) is 5.69 Å². The zero-order chi connectivity index (χ0) is 15.8. The van der Waals surface area contributed by atoms with Crippen LogP contribution in [0, 0.1) is 0 Å². The molecule has 2 heteroatoms. The summed E-state index contributed by atoms with van der Waals surface area (Å²) < 4.78 is 0. The minimum atomic E-state index is -0.0264. The van der Waals surface area contributed by atoms with E-state index in [2.05, 4.69) is 42.6 Å². The number of para-hydroxylation sites is 1. The number of benzene rings is 3. The molecule has 3 aromatic rings. The van der Waals surface area contributed by atoms with Gasteiger partial charge in [-0.3, -0.25) is 4.79 Å². The van der Waals surface area contributed by atoms with E-state index in [9.17, 15) is 4.79 Å². The molecule has 1 aliphatic rings. The molecule has 0 saturated heterocycles. The van der Waals surface area contributed by atoms with Crippen LogP contribution in [0.15, 0.2) is 54.6 Å². The fourth-order valence-corrected chi connectivity index (χ4v) is 3.59. The van der Waals surface area contributed by atoms with Gasteiger partial charge in [-0.2, -0.15) is 0 Å². The summed E-state index contributed by atoms with van der Waals surface area (Å²) in [4.78, 5) is 12.8. The molecule has 114 valence electrons. The molecule has 0 aliphatic heterocycles. The first-order chi connectivity index (χ1) is 11.3. The number of anilines is 1. The van der Waals surface area contributed by atoms with Crippen LogP contribution in [-0.2, 0) is 19.3 Å². The lowest BCUT2D eigenvalue weighted by molar-refractivity contribution is 0.102. The van der Waals surface area contributed by atoms with Gasteiger partial charge in [0.2, 0.25) is 0 Å². The lowest BCUT2D eigenvalue weighted by atomic mass is 9.99. The van der Waals surface area contributed by atoms with E-state index in [-0.39, 0.29) is 5.91 Å². The highest BCUT2D eigenvalue weighted by Gasteiger charge is 2.19. The Labute approximate surface area is 136 Å². The van der Waals surface area contributed by atoms with Crippen molar-refractivity contribution in [3.8, 4) is 0 Å². The Morgan fingerprint density at radius 2 is 1.74 bits per heavy atom. The van der Waals surface area contributed by atoms with E-state index in [0.29, 0.717) is 0 Å². The molecule has 0 bridgehead atoms. The minimum Gasteiger partial charge on any atom is -0.322 e. The Hall–Kier alpha value is -2.61. The highest BCUT2D eigenvalue weighted by molar-refractivity contribution is 6.14. The van der Waals surface area contributed by atoms with E-state index in [1.165, 1.54) is 16.5 Å². The maximum absolute atomic E-state index is 12.8. The van der Waals surface area contributed by atoms with E-state index in [1.54, 1.807) is 0 Å². The smallest absolute Gasteiger partial charge is 0.256 e. The molecule has 0 radical (unpaired) electrons. The molecule has 3 aromatic carbocycles. The van der Waals surface area contributed by atoms with E-state index in [0.717, 1.165) is 41.5 Å². The van der Waals surface area contributed by atoms with Crippen molar-refractivity contribution >= 4 is 22.4 Å². The fourth-order valence-electron chi connectivity index (χ4n) is 3.59. The van der Waals surface area contributed by atoms with Crippen LogP contribution in [0.5, 0.6) is 0 Å². The molecule has 0 atom stereocenters. The normalized spacial score (nSPS) is 12.6. The monoisotopic (exact) mass is 301 g/mol. The standard InChI is InChI=1S/C21H19NO/c1-2-14-6-3-4-9-19(14)22-21(23)18-13-12-16-11-10-15-7-5-8-17(18)20(15)16/h3-9,12-13H,2,10-11H2,1H3,(H,22,23). The van der Waals surface area contributed by atoms with Gasteiger partial charge in [0, 0.05) is 11.3 Å². The van der Waals surface area contributed by atoms with Crippen LogP contribution in [0.3, 0.4) is 0 Å². The van der Waals surface area contributed by atoms with Crippen molar-refractivity contribution in [2.45, 2.75) is 26.2 Å². The van der Waals surface area contributed by atoms with Crippen LogP contribution in [0.25, 0.3) is 10.8 Å². The second-order valence-electron chi connectivity index (χ2n) is 6.08. The molecule has 0 aromatic heterocycles. The lowest BCUT2D eigenvalue weighted by Gasteiger charge is -2.12. The largest absolute Gasteiger partial charge is 0.322 e. The summed E-state index contributed by atoms with van der Waals surface area (Å²) in [7, 11) is 0. The number of rotatable bonds is 3. The molecule has 0 spiro atoms. The SMILES string of the molecule is CCc1ccccc1NC(=O)c1ccc2c3c(cccc13)CC2. The lowest BCUT2D eigenvalue weighted by Crippen LogP contribution is -2.13. The molecule has 4 rings (SSSR count). The highest BCUT2D eigenvalue weighted by Crippen LogP contribution is 2.33. The van der Waals surface area contributed by atoms with Gasteiger partial charge in [-0.15, -0.1) is 0 Å². The molecule has 1 aliphatic carbocycles. The maximum Gasteiger partial charge on any atom is 0.256 e. The van der Waals surface area contributed by atoms with Gasteiger partial charge in [0.25, 0.3) is 5.91 Å². The van der Waals surface area contributed by atoms with Gasteiger partial charge < -0.3 is 5.32 Å². The molecule has 2 nitrogen and oxygen atoms in total. The van der Waals surface area contributed by atoms with E-state index >= 15 is 0 Å². The second kappa shape index (κ2) is 5.54. The van der Waals surface area contributed by atoms with Gasteiger partial charge in [0.05, 0.1) is 0 Å². The Bertz CT molecular complexity index is 901. The molecule has 0 unspecified atom stereocenters. The molecule has 0 heterocycles. The van der Waals surface area contributed by atoms with Crippen LogP contribution < -0.4 is 5.32 Å². The maximum atomic E-state index is 12.8. The van der Waals surface area contributed by atoms with Crippen LogP contribution >= 0.6 is 0 Å². The Balaban J connectivity index is 1.77. The number of carbonyl (C=O) groups is 1. The van der Waals surface area contributed by atoms with Crippen LogP contribution in [0.1, 0.15) is 34.0 Å². The van der Waals surface area contributed by atoms with Crippen molar-refractivity contribution in [2.75, 3.05) is 5.32 Å². The number of carbonyl (C=O) groups excluding carboxylic acids is 1. The number of hydrogen-bond acceptors (Lipinski definition) is 1. The number of nitrogens with one attached hydrogen (secondary N) is 1. The molecule has 0 saturated carbocycles. The summed E-state index contributed by atoms with van der Waals surface area (Å²) in [5, 5.41) is 5.44. The summed E-state index contributed by atoms with van der Waals surface area (Å²) >= 11 is 0. The van der Waals surface area contributed by atoms with E-state index in [4.69, 9.17) is 0 Å². The Morgan fingerprint density at radius 1 is 0.957 bits per heavy atom. The predicted octanol–water partition coefficient (Wildman–Crippen LogP) is 4.75. The zero-order valence-electron chi connectivity index (χ0n) is 13.2. The van der Waals surface area contributed by atoms with Crippen molar-refractivity contribution in [2.24, 2.45) is 0 Å². The molecule has 1 N–H and O–H groups in total. The van der Waals surface area contributed by atoms with Gasteiger partial charge in [-0.25, -0.2) is 0 Å². The first kappa shape index (κ1) is 14.0. The first-order valence-electron chi connectivity index (χ1n) is 8.20. The molecule has 23 heavy (non-hydrogen) atoms. The number of hydrogen-bond donors (Lipinski definition) is 1. The van der Waals surface area contributed by atoms with Crippen molar-refractivity contribution in [1.82, 2.24) is 0 Å². The Morgan fingerprint density at radius 3 is 2.57 bits per heavy atom. The van der Waals surface area contributed by atoms with Crippen molar-refractivity contribution in [3.63, 3.8) is 0 Å². The minimum absolute atomic E-state index is 0.0264. The first-order valence-corrected chi connectivity index (χ1v) is 8.20. The average molecular weight is 301 g/mol. The van der Waals surface area contributed by atoms with Gasteiger partial charge in [-0.05, 0) is 58.9 Å². The predicted molar refractivity (Wildman–Crippen MR) is 95.1 cm³/mol. The third-order valence-electron chi connectivity index (χ3n) is 4.77. The van der Waals surface area contributed by atoms with Crippen molar-refractivity contribution in [1.29, 1.82) is 0 Å². The summed E-state index contributed by atoms with van der Waals surface area (Å²) in [6.07, 6.45) is 3.06. The summed E-state index contributed by atoms with van der Waals surface area (Å²) in [6.45, 7) is 2.10. The van der Waals surface area contributed by atoms with Gasteiger partial charge >= 0.3 is 0 Å². The quantitative estimate of drug-likeness (QED) is 0.743. The molecular weight excluding hydrogens is 282 g/mol. The molecule has 1 amide bonds. The summed E-state index contributed by atoms with van der Waals surface area (Å²) in [5.74, 6) is -0.0264. The average Bonchev–Trinajstić information content (AvgIpc) is 3.01. The zero-order valence-corrected chi connectivity index (χ0v) is 13.2. The summed E-state index contributed by atoms with van der Waals surface area (Å²) in [5.41, 5.74) is 5.55. The fraction of sp³-hybridized carbons (Fsp3) is 0.190. The van der Waals surface area contributed by atoms with Crippen molar-refractivity contribution < 1.29 is 4.79 Å².